The first-order chi connectivity index (χ1) is 13.3. The second kappa shape index (κ2) is 7.87. The third-order valence-electron chi connectivity index (χ3n) is 4.84. The van der Waals surface area contributed by atoms with Gasteiger partial charge in [0.1, 0.15) is 5.56 Å². The molecule has 2 aromatic rings. The van der Waals surface area contributed by atoms with Gasteiger partial charge in [-0.25, -0.2) is 4.39 Å². The number of aromatic nitrogens is 1. The molecule has 1 aromatic heterocycles. The van der Waals surface area contributed by atoms with Crippen molar-refractivity contribution in [3.8, 4) is 17.1 Å². The van der Waals surface area contributed by atoms with Crippen molar-refractivity contribution in [1.82, 2.24) is 10.1 Å². The Balaban J connectivity index is 2.03. The van der Waals surface area contributed by atoms with Crippen LogP contribution in [0.25, 0.3) is 11.3 Å². The van der Waals surface area contributed by atoms with Crippen LogP contribution >= 0.6 is 0 Å². The number of rotatable bonds is 5. The summed E-state index contributed by atoms with van der Waals surface area (Å²) in [5.74, 6) is -1.03. The Hall–Kier alpha value is -3.10. The van der Waals surface area contributed by atoms with Gasteiger partial charge in [-0.15, -0.1) is 0 Å². The number of nitrogens with zero attached hydrogens (tertiary/aromatic N) is 3. The van der Waals surface area contributed by atoms with Crippen molar-refractivity contribution in [3.05, 3.63) is 29.6 Å². The summed E-state index contributed by atoms with van der Waals surface area (Å²) in [5, 5.41) is 4.02. The van der Waals surface area contributed by atoms with Gasteiger partial charge in [-0.05, 0) is 31.0 Å². The number of ether oxygens (including phenoxy) is 1. The predicted octanol–water partition coefficient (Wildman–Crippen LogP) is 1.89. The van der Waals surface area contributed by atoms with Crippen LogP contribution in [0, 0.1) is 11.7 Å². The molecule has 150 valence electrons. The summed E-state index contributed by atoms with van der Waals surface area (Å²) in [6.07, 6.45) is 1.34. The summed E-state index contributed by atoms with van der Waals surface area (Å²) in [5.41, 5.74) is 6.15. The van der Waals surface area contributed by atoms with Crippen LogP contribution in [0.3, 0.4) is 0 Å². The molecule has 0 aliphatic carbocycles. The van der Waals surface area contributed by atoms with Crippen LogP contribution in [0.2, 0.25) is 0 Å². The summed E-state index contributed by atoms with van der Waals surface area (Å²) in [6, 6.07) is 4.19. The van der Waals surface area contributed by atoms with Gasteiger partial charge in [0.05, 0.1) is 13.0 Å². The van der Waals surface area contributed by atoms with Crippen LogP contribution in [0.5, 0.6) is 5.75 Å². The number of carbonyl (C=O) groups excluding carboxylic acids is 2. The number of hydrogen-bond acceptors (Lipinski definition) is 6. The summed E-state index contributed by atoms with van der Waals surface area (Å²) >= 11 is 0. The highest BCUT2D eigenvalue weighted by molar-refractivity contribution is 6.04. The number of likely N-dealkylation sites (tertiary alicyclic amines) is 1. The lowest BCUT2D eigenvalue weighted by atomic mass is 9.96. The highest BCUT2D eigenvalue weighted by Crippen LogP contribution is 2.35. The summed E-state index contributed by atoms with van der Waals surface area (Å²) in [4.78, 5) is 28.1. The topological polar surface area (TPSA) is 102 Å². The Labute approximate surface area is 162 Å². The van der Waals surface area contributed by atoms with Gasteiger partial charge in [-0.1, -0.05) is 5.16 Å². The number of hydrogen-bond donors (Lipinski definition) is 1. The average molecular weight is 390 g/mol. The number of halogens is 1. The molecule has 1 atom stereocenters. The van der Waals surface area contributed by atoms with Gasteiger partial charge in [0.15, 0.2) is 23.1 Å². The first kappa shape index (κ1) is 19.7. The maximum atomic E-state index is 13.8. The molecule has 0 spiro atoms. The molecule has 1 unspecified atom stereocenters. The second-order valence-corrected chi connectivity index (χ2v) is 6.95. The minimum Gasteiger partial charge on any atom is -0.494 e. The fourth-order valence-electron chi connectivity index (χ4n) is 3.33. The van der Waals surface area contributed by atoms with E-state index in [1.807, 2.05) is 0 Å². The van der Waals surface area contributed by atoms with Gasteiger partial charge in [-0.3, -0.25) is 9.59 Å². The molecule has 1 aliphatic heterocycles. The minimum atomic E-state index is -0.521. The zero-order valence-electron chi connectivity index (χ0n) is 16.1. The fourth-order valence-corrected chi connectivity index (χ4v) is 3.33. The van der Waals surface area contributed by atoms with Gasteiger partial charge in [0.25, 0.3) is 5.91 Å². The number of anilines is 1. The maximum absolute atomic E-state index is 13.8. The quantitative estimate of drug-likeness (QED) is 0.837. The number of piperidine rings is 1. The van der Waals surface area contributed by atoms with Crippen molar-refractivity contribution in [3.63, 3.8) is 0 Å². The largest absolute Gasteiger partial charge is 0.494 e. The van der Waals surface area contributed by atoms with Gasteiger partial charge >= 0.3 is 0 Å². The molecule has 1 saturated heterocycles. The molecule has 9 heteroatoms. The number of benzene rings is 1. The van der Waals surface area contributed by atoms with Gasteiger partial charge < -0.3 is 24.8 Å². The summed E-state index contributed by atoms with van der Waals surface area (Å²) in [6.45, 7) is 0.755. The third-order valence-corrected chi connectivity index (χ3v) is 4.84. The predicted molar refractivity (Wildman–Crippen MR) is 101 cm³/mol. The van der Waals surface area contributed by atoms with E-state index in [2.05, 4.69) is 5.16 Å². The van der Waals surface area contributed by atoms with E-state index in [1.54, 1.807) is 23.9 Å². The Morgan fingerprint density at radius 1 is 1.39 bits per heavy atom. The summed E-state index contributed by atoms with van der Waals surface area (Å²) in [7, 11) is 4.84. The van der Waals surface area contributed by atoms with E-state index in [-0.39, 0.29) is 35.4 Å². The second-order valence-electron chi connectivity index (χ2n) is 6.95. The molecular formula is C19H23FN4O4. The van der Waals surface area contributed by atoms with Crippen molar-refractivity contribution in [1.29, 1.82) is 0 Å². The first-order valence-electron chi connectivity index (χ1n) is 8.93. The van der Waals surface area contributed by atoms with Gasteiger partial charge in [0.2, 0.25) is 5.91 Å². The molecule has 3 rings (SSSR count). The molecule has 2 heterocycles. The van der Waals surface area contributed by atoms with Crippen LogP contribution < -0.4 is 15.4 Å². The molecule has 1 aromatic carbocycles. The smallest absolute Gasteiger partial charge is 0.261 e. The number of amides is 2. The van der Waals surface area contributed by atoms with Crippen molar-refractivity contribution < 1.29 is 23.2 Å². The Morgan fingerprint density at radius 2 is 2.14 bits per heavy atom. The SMILES string of the molecule is COc1cc(-c2onc(N(C)C)c2C(=O)N2CCCC(C(N)=O)C2)ccc1F. The molecule has 2 amide bonds. The molecule has 2 N–H and O–H groups in total. The van der Waals surface area contributed by atoms with Crippen LogP contribution in [-0.2, 0) is 4.79 Å². The van der Waals surface area contributed by atoms with Crippen molar-refractivity contribution in [2.45, 2.75) is 12.8 Å². The van der Waals surface area contributed by atoms with E-state index in [0.717, 1.165) is 0 Å². The standard InChI is InChI=1S/C19H23FN4O4/c1-23(2)18-15(19(26)24-8-4-5-12(10-24)17(21)25)16(28-22-18)11-6-7-13(20)14(9-11)27-3/h6-7,9,12H,4-5,8,10H2,1-3H3,(H2,21,25). The van der Waals surface area contributed by atoms with E-state index >= 15 is 0 Å². The van der Waals surface area contributed by atoms with E-state index in [0.29, 0.717) is 30.8 Å². The molecule has 8 nitrogen and oxygen atoms in total. The van der Waals surface area contributed by atoms with Crippen molar-refractivity contribution >= 4 is 17.6 Å². The highest BCUT2D eigenvalue weighted by atomic mass is 19.1. The number of carbonyl (C=O) groups is 2. The molecule has 0 saturated carbocycles. The summed E-state index contributed by atoms with van der Waals surface area (Å²) < 4.78 is 24.3. The zero-order valence-corrected chi connectivity index (χ0v) is 16.1. The number of methoxy groups -OCH3 is 1. The molecule has 1 fully saturated rings. The third kappa shape index (κ3) is 3.64. The zero-order chi connectivity index (χ0) is 20.4. The molecule has 1 aliphatic rings. The van der Waals surface area contributed by atoms with Crippen LogP contribution in [0.1, 0.15) is 23.2 Å². The first-order valence-corrected chi connectivity index (χ1v) is 8.93. The Bertz CT molecular complexity index is 896. The number of nitrogens with two attached hydrogens (primary N) is 1. The highest BCUT2D eigenvalue weighted by Gasteiger charge is 2.33. The lowest BCUT2D eigenvalue weighted by molar-refractivity contribution is -0.123. The lowest BCUT2D eigenvalue weighted by Crippen LogP contribution is -2.44. The van der Waals surface area contributed by atoms with Crippen molar-refractivity contribution in [2.75, 3.05) is 39.2 Å². The lowest BCUT2D eigenvalue weighted by Gasteiger charge is -2.31. The minimum absolute atomic E-state index is 0.0328. The Morgan fingerprint density at radius 3 is 2.79 bits per heavy atom. The average Bonchev–Trinajstić information content (AvgIpc) is 3.13. The normalized spacial score (nSPS) is 16.7. The van der Waals surface area contributed by atoms with Crippen molar-refractivity contribution in [2.24, 2.45) is 11.7 Å². The van der Waals surface area contributed by atoms with Crippen LogP contribution in [-0.4, -0.2) is 56.2 Å². The maximum Gasteiger partial charge on any atom is 0.261 e. The van der Waals surface area contributed by atoms with E-state index in [1.165, 1.54) is 25.3 Å². The van der Waals surface area contributed by atoms with E-state index in [4.69, 9.17) is 15.0 Å². The van der Waals surface area contributed by atoms with Crippen LogP contribution in [0.4, 0.5) is 10.2 Å². The van der Waals surface area contributed by atoms with E-state index in [9.17, 15) is 14.0 Å². The van der Waals surface area contributed by atoms with Gasteiger partial charge in [0, 0.05) is 32.7 Å². The molecular weight excluding hydrogens is 367 g/mol. The van der Waals surface area contributed by atoms with E-state index < -0.39 is 11.7 Å². The molecule has 0 bridgehead atoms. The monoisotopic (exact) mass is 390 g/mol. The fraction of sp³-hybridized carbons (Fsp3) is 0.421. The van der Waals surface area contributed by atoms with Crippen LogP contribution in [0.15, 0.2) is 22.7 Å². The van der Waals surface area contributed by atoms with Gasteiger partial charge in [-0.2, -0.15) is 0 Å². The Kier molecular flexibility index (Phi) is 5.53. The molecule has 28 heavy (non-hydrogen) atoms. The molecule has 0 radical (unpaired) electrons. The number of primary amides is 1.